The Kier molecular flexibility index (Phi) is 59.7. The predicted molar refractivity (Wildman–Crippen MR) is 57.8 cm³/mol. The number of hydrogen-bond acceptors (Lipinski definition) is 4. The minimum atomic E-state index is 0. The summed E-state index contributed by atoms with van der Waals surface area (Å²) in [6.45, 7) is 3.87. The van der Waals surface area contributed by atoms with Gasteiger partial charge < -0.3 is 25.6 Å². The topological polar surface area (TPSA) is 86.2 Å². The molecule has 0 rings (SSSR count). The van der Waals surface area contributed by atoms with Crippen LogP contribution >= 0.6 is 0 Å². The Balaban J connectivity index is -0.0000000327. The van der Waals surface area contributed by atoms with Gasteiger partial charge in [0.25, 0.3) is 0 Å². The molecular weight excluding hydrogens is 418 g/mol. The molecule has 0 amide bonds. The van der Waals surface area contributed by atoms with Crippen molar-refractivity contribution in [2.24, 2.45) is 11.5 Å². The van der Waals surface area contributed by atoms with Gasteiger partial charge in [0, 0.05) is 13.1 Å². The summed E-state index contributed by atoms with van der Waals surface area (Å²) in [6.07, 6.45) is 6.17. The number of halogens is 3. The normalized spacial score (nSPS) is 7.78. The van der Waals surface area contributed by atoms with Crippen LogP contribution in [0.4, 0.5) is 0 Å². The maximum Gasteiger partial charge on any atom is 3.00 e. The van der Waals surface area contributed by atoms with Crippen molar-refractivity contribution in [3.8, 4) is 0 Å². The van der Waals surface area contributed by atoms with Crippen molar-refractivity contribution in [1.82, 2.24) is 0 Å². The van der Waals surface area contributed by atoms with Gasteiger partial charge in [-0.15, -0.1) is 0 Å². The third-order valence-electron chi connectivity index (χ3n) is 0.977. The van der Waals surface area contributed by atoms with Gasteiger partial charge >= 0.3 is 22.4 Å². The number of ketones is 2. The van der Waals surface area contributed by atoms with E-state index in [1.807, 2.05) is 0 Å². The molecule has 0 aromatic heterocycles. The van der Waals surface area contributed by atoms with Crippen LogP contribution in [0.3, 0.4) is 0 Å². The van der Waals surface area contributed by atoms with Crippen LogP contribution in [-0.4, -0.2) is 24.7 Å². The molecule has 0 aromatic carbocycles. The van der Waals surface area contributed by atoms with E-state index in [1.165, 1.54) is 26.0 Å². The second kappa shape index (κ2) is 29.9. The molecule has 0 fully saturated rings. The molecule has 0 saturated carbocycles. The third-order valence-corrected chi connectivity index (χ3v) is 0.977. The third kappa shape index (κ3) is 58.8. The van der Waals surface area contributed by atoms with Crippen LogP contribution in [0.2, 0.25) is 0 Å². The maximum atomic E-state index is 10.1. The molecule has 0 aromatic rings. The first-order valence-corrected chi connectivity index (χ1v) is 4.29. The van der Waals surface area contributed by atoms with E-state index in [-0.39, 0.29) is 48.1 Å². The van der Waals surface area contributed by atoms with Crippen LogP contribution in [-0.2, 0) is 32.0 Å². The monoisotopic (exact) mass is 436 g/mol. The molecule has 0 bridgehead atoms. The van der Waals surface area contributed by atoms with Crippen LogP contribution in [0, 0.1) is 0 Å². The number of allylic oxidation sites excluding steroid dienone is 2. The Morgan fingerprint density at radius 2 is 1.06 bits per heavy atom. The average molecular weight is 436 g/mol. The van der Waals surface area contributed by atoms with E-state index in [9.17, 15) is 9.59 Å². The van der Waals surface area contributed by atoms with E-state index in [4.69, 9.17) is 11.5 Å². The smallest absolute Gasteiger partial charge is 1.00 e. The van der Waals surface area contributed by atoms with E-state index in [1.54, 1.807) is 12.2 Å². The van der Waals surface area contributed by atoms with Crippen molar-refractivity contribution in [3.63, 3.8) is 0 Å². The fraction of sp³-hybridized carbons (Fsp3) is 0.400. The standard InChI is InChI=1S/2C5H9NO.3FH.Ta/c2*1-5(7)3-2-4-6;;;;/h2*2-3H,4,6H2,1H3;3*1H;/q;;;;;+3/p-3. The van der Waals surface area contributed by atoms with Gasteiger partial charge in [0.15, 0.2) is 11.6 Å². The number of nitrogens with two attached hydrogens (primary N) is 2. The second-order valence-electron chi connectivity index (χ2n) is 2.50. The van der Waals surface area contributed by atoms with E-state index in [0.29, 0.717) is 13.1 Å². The molecule has 0 radical (unpaired) electrons. The molecule has 0 aliphatic rings. The summed E-state index contributed by atoms with van der Waals surface area (Å²) in [5.41, 5.74) is 10.1. The summed E-state index contributed by atoms with van der Waals surface area (Å²) in [7, 11) is 0. The Hall–Kier alpha value is -0.730. The van der Waals surface area contributed by atoms with Gasteiger partial charge in [0.05, 0.1) is 0 Å². The first-order chi connectivity index (χ1) is 6.54. The second-order valence-corrected chi connectivity index (χ2v) is 2.50. The first kappa shape index (κ1) is 36.0. The number of hydrogen-bond donors (Lipinski definition) is 2. The maximum absolute atomic E-state index is 10.1. The number of carbonyl (C=O) groups excluding carboxylic acids is 2. The molecule has 0 atom stereocenters. The molecule has 0 aliphatic heterocycles. The molecule has 18 heavy (non-hydrogen) atoms. The van der Waals surface area contributed by atoms with Gasteiger partial charge in [-0.25, -0.2) is 0 Å². The molecule has 8 heteroatoms. The van der Waals surface area contributed by atoms with Crippen molar-refractivity contribution >= 4 is 11.6 Å². The minimum absolute atomic E-state index is 0. The van der Waals surface area contributed by atoms with Gasteiger partial charge in [-0.2, -0.15) is 0 Å². The fourth-order valence-corrected chi connectivity index (χ4v) is 0.468. The van der Waals surface area contributed by atoms with Gasteiger partial charge in [-0.05, 0) is 26.0 Å². The summed E-state index contributed by atoms with van der Waals surface area (Å²) in [6, 6.07) is 0. The average Bonchev–Trinajstić information content (AvgIpc) is 2.12. The zero-order chi connectivity index (χ0) is 11.4. The van der Waals surface area contributed by atoms with Crippen molar-refractivity contribution in [2.75, 3.05) is 13.1 Å². The van der Waals surface area contributed by atoms with E-state index >= 15 is 0 Å². The van der Waals surface area contributed by atoms with Gasteiger partial charge in [-0.1, -0.05) is 12.2 Å². The summed E-state index contributed by atoms with van der Waals surface area (Å²) in [5, 5.41) is 0. The Bertz CT molecular complexity index is 213. The number of carbonyl (C=O) groups is 2. The largest absolute Gasteiger partial charge is 3.00 e. The summed E-state index contributed by atoms with van der Waals surface area (Å²) >= 11 is 0. The van der Waals surface area contributed by atoms with Crippen LogP contribution in [0.25, 0.3) is 0 Å². The molecule has 0 heterocycles. The van der Waals surface area contributed by atoms with Gasteiger partial charge in [0.2, 0.25) is 0 Å². The fourth-order valence-electron chi connectivity index (χ4n) is 0.468. The molecule has 0 saturated heterocycles. The van der Waals surface area contributed by atoms with Crippen LogP contribution in [0.5, 0.6) is 0 Å². The summed E-state index contributed by atoms with van der Waals surface area (Å²) in [5.74, 6) is 0.0934. The van der Waals surface area contributed by atoms with Crippen molar-refractivity contribution in [1.29, 1.82) is 0 Å². The molecule has 106 valence electrons. The van der Waals surface area contributed by atoms with E-state index < -0.39 is 0 Å². The summed E-state index contributed by atoms with van der Waals surface area (Å²) in [4.78, 5) is 20.1. The predicted octanol–water partition coefficient (Wildman–Crippen LogP) is -8.81. The van der Waals surface area contributed by atoms with E-state index in [2.05, 4.69) is 0 Å². The summed E-state index contributed by atoms with van der Waals surface area (Å²) < 4.78 is 0. The van der Waals surface area contributed by atoms with Crippen molar-refractivity contribution in [3.05, 3.63) is 24.3 Å². The quantitative estimate of drug-likeness (QED) is 0.429. The zero-order valence-corrected chi connectivity index (χ0v) is 13.5. The Morgan fingerprint density at radius 1 is 0.833 bits per heavy atom. The molecule has 0 spiro atoms. The molecule has 0 unspecified atom stereocenters. The SMILES string of the molecule is CC(=O)C=CCN.CC(=O)C=CCN.[F-].[F-].[F-].[Ta+3]. The molecule has 0 aliphatic carbocycles. The number of rotatable bonds is 4. The van der Waals surface area contributed by atoms with Crippen LogP contribution in [0.1, 0.15) is 13.8 Å². The van der Waals surface area contributed by atoms with Gasteiger partial charge in [0.1, 0.15) is 0 Å². The van der Waals surface area contributed by atoms with Crippen molar-refractivity contribution < 1.29 is 46.1 Å². The van der Waals surface area contributed by atoms with E-state index in [0.717, 1.165) is 0 Å². The Labute approximate surface area is 120 Å². The molecular formula is C10H18F3N2O2Ta. The minimum Gasteiger partial charge on any atom is -1.00 e. The van der Waals surface area contributed by atoms with Crippen LogP contribution < -0.4 is 25.6 Å². The zero-order valence-electron chi connectivity index (χ0n) is 10.3. The Morgan fingerprint density at radius 3 is 1.11 bits per heavy atom. The van der Waals surface area contributed by atoms with Gasteiger partial charge in [-0.3, -0.25) is 9.59 Å². The molecule has 4 N–H and O–H groups in total. The van der Waals surface area contributed by atoms with Crippen molar-refractivity contribution in [2.45, 2.75) is 13.8 Å². The molecule has 4 nitrogen and oxygen atoms in total. The van der Waals surface area contributed by atoms with Crippen LogP contribution in [0.15, 0.2) is 24.3 Å². The first-order valence-electron chi connectivity index (χ1n) is 4.29.